The lowest BCUT2D eigenvalue weighted by molar-refractivity contribution is -0.142. The van der Waals surface area contributed by atoms with E-state index in [1.807, 2.05) is 0 Å². The summed E-state index contributed by atoms with van der Waals surface area (Å²) in [6, 6.07) is 0.329. The molecule has 0 saturated heterocycles. The summed E-state index contributed by atoms with van der Waals surface area (Å²) in [7, 11) is 0. The van der Waals surface area contributed by atoms with Gasteiger partial charge in [0.15, 0.2) is 0 Å². The second kappa shape index (κ2) is 4.82. The highest BCUT2D eigenvalue weighted by Gasteiger charge is 2.33. The van der Waals surface area contributed by atoms with Crippen LogP contribution in [0.5, 0.6) is 0 Å². The molecule has 0 radical (unpaired) electrons. The summed E-state index contributed by atoms with van der Waals surface area (Å²) in [6.07, 6.45) is 4.64. The number of carboxylic acids is 1. The average Bonchev–Trinajstić information content (AvgIpc) is 2.95. The number of nitrogens with one attached hydrogen (secondary N) is 2. The highest BCUT2D eigenvalue weighted by atomic mass is 16.4. The monoisotopic (exact) mass is 226 g/mol. The van der Waals surface area contributed by atoms with Crippen molar-refractivity contribution in [2.24, 2.45) is 5.92 Å². The molecule has 2 fully saturated rings. The molecule has 0 aromatic rings. The first-order valence-electron chi connectivity index (χ1n) is 5.92. The van der Waals surface area contributed by atoms with Crippen molar-refractivity contribution in [2.75, 3.05) is 6.54 Å². The predicted molar refractivity (Wildman–Crippen MR) is 57.9 cm³/mol. The molecule has 16 heavy (non-hydrogen) atoms. The van der Waals surface area contributed by atoms with Gasteiger partial charge >= 0.3 is 5.97 Å². The van der Waals surface area contributed by atoms with Gasteiger partial charge in [0.1, 0.15) is 0 Å². The molecule has 0 aromatic heterocycles. The Bertz CT molecular complexity index is 289. The largest absolute Gasteiger partial charge is 0.481 e. The summed E-state index contributed by atoms with van der Waals surface area (Å²) in [5.41, 5.74) is 0. The molecule has 2 atom stereocenters. The fourth-order valence-corrected chi connectivity index (χ4v) is 2.21. The van der Waals surface area contributed by atoms with E-state index < -0.39 is 11.9 Å². The molecule has 0 bridgehead atoms. The Kier molecular flexibility index (Phi) is 3.43. The van der Waals surface area contributed by atoms with Gasteiger partial charge in [-0.1, -0.05) is 6.42 Å². The lowest BCUT2D eigenvalue weighted by atomic mass is 10.0. The SMILES string of the molecule is O=C(CNC1CC1)NC1CCCC1C(=O)O. The molecule has 5 nitrogen and oxygen atoms in total. The third kappa shape index (κ3) is 2.95. The average molecular weight is 226 g/mol. The van der Waals surface area contributed by atoms with Crippen molar-refractivity contribution < 1.29 is 14.7 Å². The molecular formula is C11H18N2O3. The number of hydrogen-bond acceptors (Lipinski definition) is 3. The minimum Gasteiger partial charge on any atom is -0.481 e. The first-order chi connectivity index (χ1) is 7.66. The van der Waals surface area contributed by atoms with Gasteiger partial charge in [0.05, 0.1) is 12.5 Å². The van der Waals surface area contributed by atoms with E-state index in [4.69, 9.17) is 5.11 Å². The Morgan fingerprint density at radius 1 is 1.19 bits per heavy atom. The van der Waals surface area contributed by atoms with E-state index in [2.05, 4.69) is 10.6 Å². The van der Waals surface area contributed by atoms with Crippen molar-refractivity contribution in [1.29, 1.82) is 0 Å². The zero-order valence-electron chi connectivity index (χ0n) is 9.24. The maximum Gasteiger partial charge on any atom is 0.308 e. The lowest BCUT2D eigenvalue weighted by Gasteiger charge is -2.17. The molecule has 0 aliphatic heterocycles. The number of carbonyl (C=O) groups is 2. The smallest absolute Gasteiger partial charge is 0.308 e. The summed E-state index contributed by atoms with van der Waals surface area (Å²) in [5.74, 6) is -1.27. The quantitative estimate of drug-likeness (QED) is 0.621. The molecular weight excluding hydrogens is 208 g/mol. The van der Waals surface area contributed by atoms with Crippen molar-refractivity contribution in [1.82, 2.24) is 10.6 Å². The van der Waals surface area contributed by atoms with Crippen LogP contribution in [0.4, 0.5) is 0 Å². The van der Waals surface area contributed by atoms with Crippen molar-refractivity contribution in [3.05, 3.63) is 0 Å². The Hall–Kier alpha value is -1.10. The Labute approximate surface area is 94.6 Å². The van der Waals surface area contributed by atoms with Crippen LogP contribution in [-0.4, -0.2) is 35.6 Å². The van der Waals surface area contributed by atoms with Gasteiger partial charge in [-0.05, 0) is 25.7 Å². The van der Waals surface area contributed by atoms with E-state index in [1.165, 1.54) is 0 Å². The van der Waals surface area contributed by atoms with Gasteiger partial charge in [-0.2, -0.15) is 0 Å². The molecule has 90 valence electrons. The fraction of sp³-hybridized carbons (Fsp3) is 0.818. The zero-order valence-corrected chi connectivity index (χ0v) is 9.24. The molecule has 2 rings (SSSR count). The van der Waals surface area contributed by atoms with Gasteiger partial charge < -0.3 is 15.7 Å². The Morgan fingerprint density at radius 3 is 2.56 bits per heavy atom. The summed E-state index contributed by atoms with van der Waals surface area (Å²) in [5, 5.41) is 14.9. The normalized spacial score (nSPS) is 29.0. The van der Waals surface area contributed by atoms with E-state index in [0.717, 1.165) is 25.7 Å². The summed E-state index contributed by atoms with van der Waals surface area (Å²) >= 11 is 0. The van der Waals surface area contributed by atoms with E-state index in [0.29, 0.717) is 19.0 Å². The third-order valence-corrected chi connectivity index (χ3v) is 3.31. The number of carbonyl (C=O) groups excluding carboxylic acids is 1. The maximum absolute atomic E-state index is 11.5. The molecule has 2 aliphatic carbocycles. The van der Waals surface area contributed by atoms with Gasteiger partial charge in [0, 0.05) is 12.1 Å². The molecule has 5 heteroatoms. The van der Waals surface area contributed by atoms with Gasteiger partial charge in [-0.15, -0.1) is 0 Å². The molecule has 0 aromatic carbocycles. The summed E-state index contributed by atoms with van der Waals surface area (Å²) in [6.45, 7) is 0.313. The summed E-state index contributed by atoms with van der Waals surface area (Å²) < 4.78 is 0. The lowest BCUT2D eigenvalue weighted by Crippen LogP contribution is -2.44. The van der Waals surface area contributed by atoms with Crippen LogP contribution in [-0.2, 0) is 9.59 Å². The van der Waals surface area contributed by atoms with Crippen LogP contribution >= 0.6 is 0 Å². The second-order valence-corrected chi connectivity index (χ2v) is 4.70. The van der Waals surface area contributed by atoms with E-state index in [1.54, 1.807) is 0 Å². The van der Waals surface area contributed by atoms with Crippen molar-refractivity contribution in [2.45, 2.75) is 44.2 Å². The number of aliphatic carboxylic acids is 1. The molecule has 0 spiro atoms. The van der Waals surface area contributed by atoms with Gasteiger partial charge in [-0.25, -0.2) is 0 Å². The Balaban J connectivity index is 1.74. The van der Waals surface area contributed by atoms with Crippen LogP contribution in [0.2, 0.25) is 0 Å². The number of carboxylic acid groups (broad SMARTS) is 1. The number of amides is 1. The van der Waals surface area contributed by atoms with Crippen LogP contribution in [0, 0.1) is 5.92 Å². The number of rotatable bonds is 5. The molecule has 1 amide bonds. The predicted octanol–water partition coefficient (Wildman–Crippen LogP) is 0.108. The first-order valence-corrected chi connectivity index (χ1v) is 5.92. The highest BCUT2D eigenvalue weighted by molar-refractivity contribution is 5.80. The maximum atomic E-state index is 11.5. The van der Waals surface area contributed by atoms with E-state index >= 15 is 0 Å². The second-order valence-electron chi connectivity index (χ2n) is 4.70. The molecule has 3 N–H and O–H groups in total. The van der Waals surface area contributed by atoms with Crippen LogP contribution in [0.25, 0.3) is 0 Å². The molecule has 2 aliphatic rings. The molecule has 2 unspecified atom stereocenters. The standard InChI is InChI=1S/C11H18N2O3/c14-10(6-12-7-4-5-7)13-9-3-1-2-8(9)11(15)16/h7-9,12H,1-6H2,(H,13,14)(H,15,16). The van der Waals surface area contributed by atoms with Crippen molar-refractivity contribution in [3.63, 3.8) is 0 Å². The third-order valence-electron chi connectivity index (χ3n) is 3.31. The van der Waals surface area contributed by atoms with Gasteiger partial charge in [-0.3, -0.25) is 9.59 Å². The van der Waals surface area contributed by atoms with Crippen LogP contribution in [0.1, 0.15) is 32.1 Å². The summed E-state index contributed by atoms with van der Waals surface area (Å²) in [4.78, 5) is 22.4. The van der Waals surface area contributed by atoms with E-state index in [-0.39, 0.29) is 11.9 Å². The minimum atomic E-state index is -0.794. The fourth-order valence-electron chi connectivity index (χ4n) is 2.21. The molecule has 2 saturated carbocycles. The van der Waals surface area contributed by atoms with Gasteiger partial charge in [0.2, 0.25) is 5.91 Å². The topological polar surface area (TPSA) is 78.4 Å². The van der Waals surface area contributed by atoms with Crippen molar-refractivity contribution in [3.8, 4) is 0 Å². The minimum absolute atomic E-state index is 0.0787. The van der Waals surface area contributed by atoms with Crippen LogP contribution < -0.4 is 10.6 Å². The van der Waals surface area contributed by atoms with Crippen LogP contribution in [0.3, 0.4) is 0 Å². The number of hydrogen-bond donors (Lipinski definition) is 3. The van der Waals surface area contributed by atoms with Crippen LogP contribution in [0.15, 0.2) is 0 Å². The Morgan fingerprint density at radius 2 is 1.94 bits per heavy atom. The molecule has 0 heterocycles. The first kappa shape index (κ1) is 11.4. The highest BCUT2D eigenvalue weighted by Crippen LogP contribution is 2.25. The van der Waals surface area contributed by atoms with E-state index in [9.17, 15) is 9.59 Å². The van der Waals surface area contributed by atoms with Gasteiger partial charge in [0.25, 0.3) is 0 Å². The van der Waals surface area contributed by atoms with Crippen molar-refractivity contribution >= 4 is 11.9 Å². The zero-order chi connectivity index (χ0) is 11.5.